The number of likely N-dealkylation sites (tertiary alicyclic amines) is 1. The Labute approximate surface area is 149 Å². The van der Waals surface area contributed by atoms with Gasteiger partial charge in [-0.1, -0.05) is 30.3 Å². The van der Waals surface area contributed by atoms with Crippen molar-refractivity contribution in [1.29, 1.82) is 0 Å². The molecular weight excluding hydrogens is 318 g/mol. The Kier molecular flexibility index (Phi) is 5.91. The minimum atomic E-state index is -0.0539. The van der Waals surface area contributed by atoms with Crippen LogP contribution in [-0.4, -0.2) is 60.1 Å². The number of carbonyl (C=O) groups is 2. The molecule has 1 N–H and O–H groups in total. The molecular formula is C19H27N3O3. The molecule has 0 radical (unpaired) electrons. The second-order valence-corrected chi connectivity index (χ2v) is 6.80. The van der Waals surface area contributed by atoms with Crippen molar-refractivity contribution in [3.8, 4) is 0 Å². The van der Waals surface area contributed by atoms with E-state index >= 15 is 0 Å². The van der Waals surface area contributed by atoms with E-state index in [0.717, 1.165) is 24.8 Å². The first kappa shape index (κ1) is 17.7. The van der Waals surface area contributed by atoms with Crippen molar-refractivity contribution in [3.05, 3.63) is 35.9 Å². The van der Waals surface area contributed by atoms with E-state index in [1.54, 1.807) is 6.92 Å². The summed E-state index contributed by atoms with van der Waals surface area (Å²) >= 11 is 0. The van der Waals surface area contributed by atoms with E-state index in [1.807, 2.05) is 40.1 Å². The van der Waals surface area contributed by atoms with Crippen LogP contribution in [0.3, 0.4) is 0 Å². The Balaban J connectivity index is 1.54. The maximum Gasteiger partial charge on any atom is 0.317 e. The quantitative estimate of drug-likeness (QED) is 0.908. The van der Waals surface area contributed by atoms with E-state index in [1.165, 1.54) is 0 Å². The van der Waals surface area contributed by atoms with Crippen LogP contribution in [0.15, 0.2) is 30.3 Å². The van der Waals surface area contributed by atoms with Crippen molar-refractivity contribution in [2.75, 3.05) is 26.3 Å². The van der Waals surface area contributed by atoms with Crippen molar-refractivity contribution in [1.82, 2.24) is 15.1 Å². The number of urea groups is 1. The fourth-order valence-corrected chi connectivity index (χ4v) is 3.81. The molecule has 3 rings (SSSR count). The third-order valence-electron chi connectivity index (χ3n) is 5.08. The minimum absolute atomic E-state index is 0.0539. The summed E-state index contributed by atoms with van der Waals surface area (Å²) < 4.78 is 5.41. The van der Waals surface area contributed by atoms with Crippen LogP contribution in [0.2, 0.25) is 0 Å². The molecule has 2 heterocycles. The van der Waals surface area contributed by atoms with Gasteiger partial charge in [-0.25, -0.2) is 4.79 Å². The second kappa shape index (κ2) is 8.34. The molecule has 2 aliphatic rings. The fraction of sp³-hybridized carbons (Fsp3) is 0.579. The van der Waals surface area contributed by atoms with Gasteiger partial charge in [0.2, 0.25) is 5.91 Å². The molecule has 6 heteroatoms. The third kappa shape index (κ3) is 4.51. The summed E-state index contributed by atoms with van der Waals surface area (Å²) in [5, 5.41) is 2.97. The first-order valence-electron chi connectivity index (χ1n) is 9.08. The number of carbonyl (C=O) groups excluding carboxylic acids is 2. The molecule has 3 amide bonds. The van der Waals surface area contributed by atoms with E-state index in [0.29, 0.717) is 32.8 Å². The molecule has 136 valence electrons. The highest BCUT2D eigenvalue weighted by atomic mass is 16.5. The lowest BCUT2D eigenvalue weighted by Crippen LogP contribution is -2.50. The van der Waals surface area contributed by atoms with Crippen LogP contribution in [0, 0.1) is 0 Å². The topological polar surface area (TPSA) is 61.9 Å². The maximum atomic E-state index is 12.4. The highest BCUT2D eigenvalue weighted by molar-refractivity contribution is 5.76. The summed E-state index contributed by atoms with van der Waals surface area (Å²) in [6, 6.07) is 10.2. The predicted molar refractivity (Wildman–Crippen MR) is 95.0 cm³/mol. The van der Waals surface area contributed by atoms with Crippen LogP contribution in [0.5, 0.6) is 0 Å². The number of hydrogen-bond donors (Lipinski definition) is 1. The first-order chi connectivity index (χ1) is 12.1. The molecule has 1 unspecified atom stereocenters. The monoisotopic (exact) mass is 345 g/mol. The molecule has 0 aromatic heterocycles. The van der Waals surface area contributed by atoms with Crippen LogP contribution < -0.4 is 5.32 Å². The Morgan fingerprint density at radius 3 is 2.56 bits per heavy atom. The Bertz CT molecular complexity index is 587. The van der Waals surface area contributed by atoms with Gasteiger partial charge >= 0.3 is 6.03 Å². The summed E-state index contributed by atoms with van der Waals surface area (Å²) in [5.41, 5.74) is 1.08. The molecule has 0 aliphatic carbocycles. The molecule has 1 aromatic rings. The molecule has 0 spiro atoms. The van der Waals surface area contributed by atoms with Gasteiger partial charge in [0.25, 0.3) is 0 Å². The van der Waals surface area contributed by atoms with Gasteiger partial charge in [0.1, 0.15) is 0 Å². The first-order valence-corrected chi connectivity index (χ1v) is 9.08. The third-order valence-corrected chi connectivity index (χ3v) is 5.08. The van der Waals surface area contributed by atoms with Gasteiger partial charge in [-0.2, -0.15) is 0 Å². The van der Waals surface area contributed by atoms with Gasteiger partial charge in [0.05, 0.1) is 6.04 Å². The number of rotatable bonds is 4. The number of nitrogens with one attached hydrogen (secondary N) is 1. The van der Waals surface area contributed by atoms with Gasteiger partial charge in [0, 0.05) is 45.8 Å². The van der Waals surface area contributed by atoms with Crippen molar-refractivity contribution in [2.45, 2.75) is 44.8 Å². The molecule has 2 aliphatic heterocycles. The lowest BCUT2D eigenvalue weighted by molar-refractivity contribution is -0.135. The van der Waals surface area contributed by atoms with Crippen molar-refractivity contribution < 1.29 is 14.3 Å². The van der Waals surface area contributed by atoms with Crippen LogP contribution in [0.25, 0.3) is 0 Å². The summed E-state index contributed by atoms with van der Waals surface area (Å²) in [4.78, 5) is 28.4. The Morgan fingerprint density at radius 2 is 1.88 bits per heavy atom. The Morgan fingerprint density at radius 1 is 1.16 bits per heavy atom. The largest absolute Gasteiger partial charge is 0.381 e. The SMILES string of the molecule is CC(=O)N(C1CCOCC1)C1CCN(C(=O)NCc2ccccc2)C1. The summed E-state index contributed by atoms with van der Waals surface area (Å²) in [7, 11) is 0. The predicted octanol–water partition coefficient (Wildman–Crippen LogP) is 2.00. The standard InChI is InChI=1S/C19H27N3O3/c1-15(23)22(17-8-11-25-12-9-17)18-7-10-21(14-18)19(24)20-13-16-5-3-2-4-6-16/h2-6,17-18H,7-14H2,1H3,(H,20,24). The summed E-state index contributed by atoms with van der Waals surface area (Å²) in [6.07, 6.45) is 2.61. The van der Waals surface area contributed by atoms with E-state index in [4.69, 9.17) is 4.74 Å². The lowest BCUT2D eigenvalue weighted by atomic mass is 10.0. The normalized spacial score (nSPS) is 21.2. The lowest BCUT2D eigenvalue weighted by Gasteiger charge is -2.37. The maximum absolute atomic E-state index is 12.4. The van der Waals surface area contributed by atoms with Crippen LogP contribution in [0.4, 0.5) is 4.79 Å². The van der Waals surface area contributed by atoms with Gasteiger partial charge in [-0.15, -0.1) is 0 Å². The molecule has 2 saturated heterocycles. The van der Waals surface area contributed by atoms with E-state index in [9.17, 15) is 9.59 Å². The van der Waals surface area contributed by atoms with Gasteiger partial charge in [0.15, 0.2) is 0 Å². The van der Waals surface area contributed by atoms with Crippen molar-refractivity contribution >= 4 is 11.9 Å². The van der Waals surface area contributed by atoms with Crippen molar-refractivity contribution in [2.24, 2.45) is 0 Å². The smallest absolute Gasteiger partial charge is 0.317 e. The number of hydrogen-bond acceptors (Lipinski definition) is 3. The highest BCUT2D eigenvalue weighted by Gasteiger charge is 2.35. The molecule has 6 nitrogen and oxygen atoms in total. The van der Waals surface area contributed by atoms with Crippen LogP contribution in [0.1, 0.15) is 31.7 Å². The molecule has 0 bridgehead atoms. The number of amides is 3. The minimum Gasteiger partial charge on any atom is -0.381 e. The summed E-state index contributed by atoms with van der Waals surface area (Å²) in [5.74, 6) is 0.100. The number of benzene rings is 1. The number of nitrogens with zero attached hydrogens (tertiary/aromatic N) is 2. The Hall–Kier alpha value is -2.08. The molecule has 1 aromatic carbocycles. The van der Waals surface area contributed by atoms with Crippen LogP contribution in [-0.2, 0) is 16.1 Å². The molecule has 2 fully saturated rings. The average molecular weight is 345 g/mol. The molecule has 25 heavy (non-hydrogen) atoms. The number of ether oxygens (including phenoxy) is 1. The van der Waals surface area contributed by atoms with E-state index in [2.05, 4.69) is 5.32 Å². The van der Waals surface area contributed by atoms with E-state index < -0.39 is 0 Å². The summed E-state index contributed by atoms with van der Waals surface area (Å²) in [6.45, 7) is 4.88. The molecule has 1 atom stereocenters. The van der Waals surface area contributed by atoms with Gasteiger partial charge < -0.3 is 19.9 Å². The zero-order chi connectivity index (χ0) is 17.6. The average Bonchev–Trinajstić information content (AvgIpc) is 3.11. The van der Waals surface area contributed by atoms with Gasteiger partial charge in [-0.05, 0) is 24.8 Å². The zero-order valence-electron chi connectivity index (χ0n) is 14.8. The zero-order valence-corrected chi connectivity index (χ0v) is 14.8. The second-order valence-electron chi connectivity index (χ2n) is 6.80. The van der Waals surface area contributed by atoms with Crippen LogP contribution >= 0.6 is 0 Å². The molecule has 0 saturated carbocycles. The highest BCUT2D eigenvalue weighted by Crippen LogP contribution is 2.23. The van der Waals surface area contributed by atoms with Gasteiger partial charge in [-0.3, -0.25) is 4.79 Å². The van der Waals surface area contributed by atoms with Crippen molar-refractivity contribution in [3.63, 3.8) is 0 Å². The van der Waals surface area contributed by atoms with E-state index in [-0.39, 0.29) is 24.0 Å². The fourth-order valence-electron chi connectivity index (χ4n) is 3.81.